The predicted molar refractivity (Wildman–Crippen MR) is 70.3 cm³/mol. The molecule has 94 valence electrons. The van der Waals surface area contributed by atoms with Crippen molar-refractivity contribution in [3.63, 3.8) is 0 Å². The molecule has 0 aliphatic carbocycles. The molecular weight excluding hydrogens is 254 g/mol. The zero-order valence-electron chi connectivity index (χ0n) is 10.0. The van der Waals surface area contributed by atoms with E-state index in [1.54, 1.807) is 32.0 Å². The van der Waals surface area contributed by atoms with Crippen molar-refractivity contribution in [2.24, 2.45) is 0 Å². The minimum absolute atomic E-state index is 0.177. The molecule has 0 bridgehead atoms. The number of ether oxygens (including phenoxy) is 1. The number of benzene rings is 1. The van der Waals surface area contributed by atoms with Crippen LogP contribution in [-0.4, -0.2) is 17.6 Å². The first-order chi connectivity index (χ1) is 8.54. The molecule has 0 aliphatic rings. The van der Waals surface area contributed by atoms with Crippen LogP contribution in [0, 0.1) is 6.92 Å². The monoisotopic (exact) mass is 265 g/mol. The van der Waals surface area contributed by atoms with Crippen molar-refractivity contribution in [2.75, 3.05) is 6.61 Å². The van der Waals surface area contributed by atoms with E-state index in [-0.39, 0.29) is 17.7 Å². The Morgan fingerprint density at radius 2 is 2.17 bits per heavy atom. The summed E-state index contributed by atoms with van der Waals surface area (Å²) in [5, 5.41) is 1.00. The third kappa shape index (κ3) is 2.11. The van der Waals surface area contributed by atoms with E-state index in [1.807, 2.05) is 0 Å². The summed E-state index contributed by atoms with van der Waals surface area (Å²) in [6.45, 7) is 3.57. The highest BCUT2D eigenvalue weighted by Crippen LogP contribution is 2.17. The number of halogens is 1. The van der Waals surface area contributed by atoms with Crippen LogP contribution in [0.5, 0.6) is 0 Å². The minimum Gasteiger partial charge on any atom is -0.461 e. The Balaban J connectivity index is 2.73. The summed E-state index contributed by atoms with van der Waals surface area (Å²) in [4.78, 5) is 26.7. The normalized spacial score (nSPS) is 10.6. The van der Waals surface area contributed by atoms with Crippen LogP contribution in [0.25, 0.3) is 10.9 Å². The Hall–Kier alpha value is -1.81. The Labute approximate surface area is 109 Å². The van der Waals surface area contributed by atoms with Gasteiger partial charge in [-0.2, -0.15) is 0 Å². The first kappa shape index (κ1) is 12.6. The maximum atomic E-state index is 12.1. The van der Waals surface area contributed by atoms with Crippen LogP contribution in [0.2, 0.25) is 5.02 Å². The van der Waals surface area contributed by atoms with Crippen molar-refractivity contribution in [3.8, 4) is 0 Å². The molecule has 0 saturated carbocycles. The van der Waals surface area contributed by atoms with Gasteiger partial charge in [0, 0.05) is 16.0 Å². The quantitative estimate of drug-likeness (QED) is 0.850. The van der Waals surface area contributed by atoms with Crippen molar-refractivity contribution >= 4 is 28.5 Å². The van der Waals surface area contributed by atoms with Crippen molar-refractivity contribution in [3.05, 3.63) is 44.7 Å². The fourth-order valence-corrected chi connectivity index (χ4v) is 1.94. The molecule has 0 fully saturated rings. The number of H-pyrrole nitrogens is 1. The zero-order valence-corrected chi connectivity index (χ0v) is 10.8. The van der Waals surface area contributed by atoms with E-state index in [4.69, 9.17) is 16.3 Å². The highest BCUT2D eigenvalue weighted by Gasteiger charge is 2.15. The number of carbonyl (C=O) groups excluding carboxylic acids is 1. The van der Waals surface area contributed by atoms with Gasteiger partial charge in [0.1, 0.15) is 5.69 Å². The molecule has 1 N–H and O–H groups in total. The summed E-state index contributed by atoms with van der Waals surface area (Å²) >= 11 is 5.87. The third-order valence-electron chi connectivity index (χ3n) is 2.68. The van der Waals surface area contributed by atoms with Crippen LogP contribution >= 0.6 is 11.6 Å². The van der Waals surface area contributed by atoms with Gasteiger partial charge in [-0.05, 0) is 32.0 Å². The summed E-state index contributed by atoms with van der Waals surface area (Å²) in [5.74, 6) is -0.533. The number of rotatable bonds is 2. The largest absolute Gasteiger partial charge is 0.461 e. The number of hydrogen-bond donors (Lipinski definition) is 1. The molecule has 2 rings (SSSR count). The minimum atomic E-state index is -0.533. The molecular formula is C13H12ClNO3. The SMILES string of the molecule is CCOC(=O)c1[nH]c2cc(Cl)ccc2c(=O)c1C. The van der Waals surface area contributed by atoms with Crippen molar-refractivity contribution in [2.45, 2.75) is 13.8 Å². The summed E-state index contributed by atoms with van der Waals surface area (Å²) in [7, 11) is 0. The van der Waals surface area contributed by atoms with Gasteiger partial charge in [-0.3, -0.25) is 4.79 Å². The number of hydrogen-bond acceptors (Lipinski definition) is 3. The summed E-state index contributed by atoms with van der Waals surface area (Å²) in [5.41, 5.74) is 0.865. The fourth-order valence-electron chi connectivity index (χ4n) is 1.77. The van der Waals surface area contributed by atoms with E-state index in [2.05, 4.69) is 4.98 Å². The third-order valence-corrected chi connectivity index (χ3v) is 2.92. The summed E-state index contributed by atoms with van der Waals surface area (Å²) in [6, 6.07) is 4.89. The first-order valence-electron chi connectivity index (χ1n) is 5.54. The molecule has 0 aliphatic heterocycles. The van der Waals surface area contributed by atoms with E-state index >= 15 is 0 Å². The highest BCUT2D eigenvalue weighted by atomic mass is 35.5. The van der Waals surface area contributed by atoms with E-state index in [9.17, 15) is 9.59 Å². The zero-order chi connectivity index (χ0) is 13.3. The number of nitrogens with one attached hydrogen (secondary N) is 1. The van der Waals surface area contributed by atoms with Crippen LogP contribution in [-0.2, 0) is 4.74 Å². The highest BCUT2D eigenvalue weighted by molar-refractivity contribution is 6.31. The standard InChI is InChI=1S/C13H12ClNO3/c1-3-18-13(17)11-7(2)12(16)9-5-4-8(14)6-10(9)15-11/h4-6H,3H2,1-2H3,(H,15,16). The van der Waals surface area contributed by atoms with Gasteiger partial charge in [0.25, 0.3) is 0 Å². The molecule has 4 nitrogen and oxygen atoms in total. The molecule has 2 aromatic rings. The topological polar surface area (TPSA) is 59.2 Å². The second kappa shape index (κ2) is 4.82. The molecule has 1 heterocycles. The van der Waals surface area contributed by atoms with Crippen molar-refractivity contribution in [1.29, 1.82) is 0 Å². The molecule has 0 amide bonds. The van der Waals surface area contributed by atoms with E-state index in [1.165, 1.54) is 0 Å². The smallest absolute Gasteiger partial charge is 0.355 e. The number of fused-ring (bicyclic) bond motifs is 1. The lowest BCUT2D eigenvalue weighted by Gasteiger charge is -2.07. The Morgan fingerprint density at radius 1 is 1.44 bits per heavy atom. The number of aromatic nitrogens is 1. The molecule has 1 aromatic heterocycles. The van der Waals surface area contributed by atoms with E-state index in [0.29, 0.717) is 21.5 Å². The van der Waals surface area contributed by atoms with Gasteiger partial charge in [0.05, 0.1) is 12.1 Å². The Bertz CT molecular complexity index is 676. The molecule has 5 heteroatoms. The molecule has 0 radical (unpaired) electrons. The van der Waals surface area contributed by atoms with Gasteiger partial charge in [0.15, 0.2) is 5.43 Å². The van der Waals surface area contributed by atoms with Gasteiger partial charge >= 0.3 is 5.97 Å². The first-order valence-corrected chi connectivity index (χ1v) is 5.91. The van der Waals surface area contributed by atoms with Crippen LogP contribution in [0.4, 0.5) is 0 Å². The van der Waals surface area contributed by atoms with E-state index in [0.717, 1.165) is 0 Å². The van der Waals surface area contributed by atoms with E-state index < -0.39 is 5.97 Å². The van der Waals surface area contributed by atoms with Gasteiger partial charge in [0.2, 0.25) is 0 Å². The van der Waals surface area contributed by atoms with Gasteiger partial charge in [-0.15, -0.1) is 0 Å². The number of esters is 1. The van der Waals surface area contributed by atoms with Crippen molar-refractivity contribution < 1.29 is 9.53 Å². The molecule has 0 saturated heterocycles. The van der Waals surface area contributed by atoms with Gasteiger partial charge in [-0.1, -0.05) is 11.6 Å². The average Bonchev–Trinajstić information content (AvgIpc) is 2.33. The summed E-state index contributed by atoms with van der Waals surface area (Å²) in [6.07, 6.45) is 0. The molecule has 0 unspecified atom stereocenters. The Kier molecular flexibility index (Phi) is 3.39. The Morgan fingerprint density at radius 3 is 2.83 bits per heavy atom. The fraction of sp³-hybridized carbons (Fsp3) is 0.231. The second-order valence-corrected chi connectivity index (χ2v) is 4.30. The lowest BCUT2D eigenvalue weighted by atomic mass is 10.1. The molecule has 0 atom stereocenters. The van der Waals surface area contributed by atoms with Crippen LogP contribution in [0.1, 0.15) is 23.0 Å². The molecule has 18 heavy (non-hydrogen) atoms. The maximum Gasteiger partial charge on any atom is 0.355 e. The average molecular weight is 266 g/mol. The van der Waals surface area contributed by atoms with Crippen LogP contribution in [0.3, 0.4) is 0 Å². The second-order valence-electron chi connectivity index (χ2n) is 3.86. The van der Waals surface area contributed by atoms with Crippen LogP contribution in [0.15, 0.2) is 23.0 Å². The van der Waals surface area contributed by atoms with Crippen molar-refractivity contribution in [1.82, 2.24) is 4.98 Å². The van der Waals surface area contributed by atoms with Gasteiger partial charge in [-0.25, -0.2) is 4.79 Å². The lowest BCUT2D eigenvalue weighted by Crippen LogP contribution is -2.17. The maximum absolute atomic E-state index is 12.1. The molecule has 0 spiro atoms. The predicted octanol–water partition coefficient (Wildman–Crippen LogP) is 2.67. The van der Waals surface area contributed by atoms with Crippen LogP contribution < -0.4 is 5.43 Å². The molecule has 1 aromatic carbocycles. The number of carbonyl (C=O) groups is 1. The number of aromatic amines is 1. The lowest BCUT2D eigenvalue weighted by molar-refractivity contribution is 0.0519. The summed E-state index contributed by atoms with van der Waals surface area (Å²) < 4.78 is 4.90. The van der Waals surface area contributed by atoms with Gasteiger partial charge < -0.3 is 9.72 Å². The number of pyridine rings is 1.